The molecule has 0 bridgehead atoms. The highest BCUT2D eigenvalue weighted by molar-refractivity contribution is 5.99. The van der Waals surface area contributed by atoms with Gasteiger partial charge >= 0.3 is 6.09 Å². The molecule has 4 amide bonds. The Morgan fingerprint density at radius 1 is 0.957 bits per heavy atom. The zero-order valence-corrected chi connectivity index (χ0v) is 27.6. The topological polar surface area (TPSA) is 153 Å². The van der Waals surface area contributed by atoms with Gasteiger partial charge in [0.15, 0.2) is 6.04 Å². The summed E-state index contributed by atoms with van der Waals surface area (Å²) in [6.45, 7) is 8.16. The van der Waals surface area contributed by atoms with Gasteiger partial charge < -0.3 is 35.1 Å². The number of ether oxygens (including phenoxy) is 3. The van der Waals surface area contributed by atoms with E-state index >= 15 is 0 Å². The zero-order chi connectivity index (χ0) is 34.1. The van der Waals surface area contributed by atoms with Crippen molar-refractivity contribution in [1.82, 2.24) is 25.3 Å². The number of hydrogen-bond acceptors (Lipinski definition) is 8. The minimum absolute atomic E-state index is 0. The van der Waals surface area contributed by atoms with Gasteiger partial charge in [-0.15, -0.1) is 0 Å². The van der Waals surface area contributed by atoms with Crippen LogP contribution >= 0.6 is 0 Å². The fourth-order valence-electron chi connectivity index (χ4n) is 4.22. The van der Waals surface area contributed by atoms with E-state index in [9.17, 15) is 19.2 Å². The molecule has 3 N–H and O–H groups in total. The highest BCUT2D eigenvalue weighted by Gasteiger charge is 2.35. The molecule has 13 heteroatoms. The first-order valence-electron chi connectivity index (χ1n) is 14.7. The number of rotatable bonds is 13. The van der Waals surface area contributed by atoms with Crippen LogP contribution in [0.3, 0.4) is 0 Å². The third-order valence-corrected chi connectivity index (χ3v) is 6.64. The molecule has 2 aromatic carbocycles. The third kappa shape index (κ3) is 11.4. The summed E-state index contributed by atoms with van der Waals surface area (Å²) in [4.78, 5) is 53.9. The average molecular weight is 653 g/mol. The van der Waals surface area contributed by atoms with Crippen molar-refractivity contribution in [2.45, 2.75) is 71.9 Å². The van der Waals surface area contributed by atoms with Crippen LogP contribution in [0.4, 0.5) is 10.5 Å². The first-order chi connectivity index (χ1) is 21.6. The van der Waals surface area contributed by atoms with E-state index in [-0.39, 0.29) is 26.5 Å². The van der Waals surface area contributed by atoms with E-state index in [0.717, 1.165) is 5.56 Å². The van der Waals surface area contributed by atoms with Gasteiger partial charge in [-0.25, -0.2) is 4.79 Å². The molecule has 3 rings (SSSR count). The van der Waals surface area contributed by atoms with Crippen LogP contribution in [0.1, 0.15) is 59.2 Å². The lowest BCUT2D eigenvalue weighted by atomic mass is 10.0. The highest BCUT2D eigenvalue weighted by atomic mass is 16.6. The number of nitrogens with zero attached hydrogens (tertiary/aromatic N) is 3. The summed E-state index contributed by atoms with van der Waals surface area (Å²) < 4.78 is 17.8. The number of carbonyl (C=O) groups is 4. The lowest BCUT2D eigenvalue weighted by Crippen LogP contribution is -2.59. The summed E-state index contributed by atoms with van der Waals surface area (Å²) >= 11 is 0. The Kier molecular flexibility index (Phi) is 13.5. The quantitative estimate of drug-likeness (QED) is 0.249. The van der Waals surface area contributed by atoms with E-state index in [1.54, 1.807) is 66.2 Å². The fraction of sp³-hybridized carbons (Fsp3) is 0.441. The maximum atomic E-state index is 13.5. The second-order valence-corrected chi connectivity index (χ2v) is 12.4. The average Bonchev–Trinajstić information content (AvgIpc) is 3.43. The molecule has 0 saturated heterocycles. The van der Waals surface area contributed by atoms with Crippen LogP contribution in [-0.2, 0) is 30.5 Å². The van der Waals surface area contributed by atoms with Crippen molar-refractivity contribution in [2.75, 3.05) is 33.1 Å². The Morgan fingerprint density at radius 3 is 2.17 bits per heavy atom. The minimum atomic E-state index is -1.43. The van der Waals surface area contributed by atoms with Crippen molar-refractivity contribution in [3.63, 3.8) is 0 Å². The molecule has 0 aliphatic heterocycles. The van der Waals surface area contributed by atoms with Gasteiger partial charge in [0.1, 0.15) is 22.9 Å². The van der Waals surface area contributed by atoms with E-state index in [1.807, 2.05) is 30.3 Å². The number of anilines is 1. The molecule has 0 saturated carbocycles. The van der Waals surface area contributed by atoms with Crippen LogP contribution in [-0.4, -0.2) is 83.5 Å². The standard InChI is InChI=1S/C33H44N6O7.CH4/c1-32(2,3)46-31(43)37-33(4,5)30(42)36-26(21-45-20-22-12-10-9-11-13-22)28(40)35-24-18-34-39(19-24)27(29(41)38(6)7)23-14-16-25(44-8)17-15-23;/h9-19,26-27H,20-21H2,1-8H3,(H,35,40)(H,36,42)(H,37,43);1H4/t26-,27?;/m1./s1. The molecule has 1 heterocycles. The van der Waals surface area contributed by atoms with Crippen LogP contribution in [0.15, 0.2) is 67.0 Å². The highest BCUT2D eigenvalue weighted by Crippen LogP contribution is 2.24. The number of carbonyl (C=O) groups excluding carboxylic acids is 4. The molecule has 2 atom stereocenters. The van der Waals surface area contributed by atoms with Gasteiger partial charge in [0.25, 0.3) is 5.91 Å². The van der Waals surface area contributed by atoms with Gasteiger partial charge in [0, 0.05) is 20.3 Å². The summed E-state index contributed by atoms with van der Waals surface area (Å²) in [7, 11) is 4.85. The number of hydrogen-bond donors (Lipinski definition) is 3. The van der Waals surface area contributed by atoms with Crippen molar-refractivity contribution in [1.29, 1.82) is 0 Å². The second kappa shape index (κ2) is 16.6. The van der Waals surface area contributed by atoms with Gasteiger partial charge in [-0.05, 0) is 57.9 Å². The van der Waals surface area contributed by atoms with Gasteiger partial charge in [-0.1, -0.05) is 49.9 Å². The summed E-state index contributed by atoms with van der Waals surface area (Å²) in [5, 5.41) is 12.3. The molecule has 0 fully saturated rings. The molecule has 0 aliphatic rings. The molecule has 3 aromatic rings. The first kappa shape index (κ1) is 38.3. The summed E-state index contributed by atoms with van der Waals surface area (Å²) in [6.07, 6.45) is 2.17. The van der Waals surface area contributed by atoms with Crippen LogP contribution in [0.5, 0.6) is 5.75 Å². The number of methoxy groups -OCH3 is 1. The largest absolute Gasteiger partial charge is 0.497 e. The fourth-order valence-corrected chi connectivity index (χ4v) is 4.22. The van der Waals surface area contributed by atoms with Crippen molar-refractivity contribution < 1.29 is 33.4 Å². The molecule has 0 aliphatic carbocycles. The summed E-state index contributed by atoms with van der Waals surface area (Å²) in [6, 6.07) is 14.5. The third-order valence-electron chi connectivity index (χ3n) is 6.64. The molecule has 1 unspecified atom stereocenters. The van der Waals surface area contributed by atoms with Crippen LogP contribution in [0, 0.1) is 0 Å². The van der Waals surface area contributed by atoms with Crippen molar-refractivity contribution in [3.8, 4) is 5.75 Å². The Balaban J connectivity index is 0.00000768. The van der Waals surface area contributed by atoms with Crippen molar-refractivity contribution >= 4 is 29.5 Å². The molecule has 13 nitrogen and oxygen atoms in total. The second-order valence-electron chi connectivity index (χ2n) is 12.4. The smallest absolute Gasteiger partial charge is 0.408 e. The molecule has 256 valence electrons. The van der Waals surface area contributed by atoms with Gasteiger partial charge in [0.2, 0.25) is 11.8 Å². The van der Waals surface area contributed by atoms with Crippen LogP contribution in [0.25, 0.3) is 0 Å². The number of amides is 4. The molecule has 0 radical (unpaired) electrons. The van der Waals surface area contributed by atoms with E-state index in [1.165, 1.54) is 35.8 Å². The monoisotopic (exact) mass is 652 g/mol. The lowest BCUT2D eigenvalue weighted by molar-refractivity contribution is -0.131. The van der Waals surface area contributed by atoms with Crippen molar-refractivity contribution in [3.05, 3.63) is 78.1 Å². The van der Waals surface area contributed by atoms with Gasteiger partial charge in [-0.3, -0.25) is 19.1 Å². The SMILES string of the molecule is C.COc1ccc(C(C(=O)N(C)C)n2cc(NC(=O)[C@@H](COCc3ccccc3)NC(=O)C(C)(C)NC(=O)OC(C)(C)C)cn2)cc1. The Bertz CT molecular complexity index is 1480. The Hall–Kier alpha value is -4.91. The normalized spacial score (nSPS) is 12.5. The Labute approximate surface area is 276 Å². The first-order valence-corrected chi connectivity index (χ1v) is 14.7. The molecule has 47 heavy (non-hydrogen) atoms. The van der Waals surface area contributed by atoms with Gasteiger partial charge in [-0.2, -0.15) is 5.10 Å². The molecular formula is C34H48N6O7. The van der Waals surface area contributed by atoms with E-state index in [0.29, 0.717) is 17.0 Å². The lowest BCUT2D eigenvalue weighted by Gasteiger charge is -2.29. The van der Waals surface area contributed by atoms with Crippen molar-refractivity contribution in [2.24, 2.45) is 0 Å². The number of alkyl carbamates (subject to hydrolysis) is 1. The predicted octanol–water partition coefficient (Wildman–Crippen LogP) is 4.15. The van der Waals surface area contributed by atoms with E-state index in [4.69, 9.17) is 14.2 Å². The van der Waals surface area contributed by atoms with Gasteiger partial charge in [0.05, 0.1) is 32.2 Å². The van der Waals surface area contributed by atoms with E-state index in [2.05, 4.69) is 21.0 Å². The molecule has 0 spiro atoms. The number of nitrogens with one attached hydrogen (secondary N) is 3. The minimum Gasteiger partial charge on any atom is -0.497 e. The predicted molar refractivity (Wildman–Crippen MR) is 179 cm³/mol. The number of likely N-dealkylation sites (N-methyl/N-ethyl adjacent to an activating group) is 1. The Morgan fingerprint density at radius 2 is 1.60 bits per heavy atom. The van der Waals surface area contributed by atoms with Crippen LogP contribution < -0.4 is 20.7 Å². The number of aromatic nitrogens is 2. The summed E-state index contributed by atoms with van der Waals surface area (Å²) in [5.41, 5.74) is -0.346. The summed E-state index contributed by atoms with van der Waals surface area (Å²) in [5.74, 6) is -0.812. The molecule has 1 aromatic heterocycles. The van der Waals surface area contributed by atoms with Crippen LogP contribution in [0.2, 0.25) is 0 Å². The number of benzene rings is 2. The maximum absolute atomic E-state index is 13.5. The molecular weight excluding hydrogens is 604 g/mol. The maximum Gasteiger partial charge on any atom is 0.408 e. The van der Waals surface area contributed by atoms with E-state index < -0.39 is 41.1 Å². The zero-order valence-electron chi connectivity index (χ0n) is 27.6.